The maximum Gasteiger partial charge on any atom is 0.171 e. The largest absolute Gasteiger partial charge is 0.354 e. The number of pyridine rings is 1. The predicted molar refractivity (Wildman–Crippen MR) is 77.0 cm³/mol. The molecule has 0 aliphatic carbocycles. The Bertz CT molecular complexity index is 695. The van der Waals surface area contributed by atoms with Crippen molar-refractivity contribution in [2.75, 3.05) is 11.9 Å². The van der Waals surface area contributed by atoms with Crippen LogP contribution in [0.3, 0.4) is 0 Å². The minimum Gasteiger partial charge on any atom is -0.354 e. The van der Waals surface area contributed by atoms with Gasteiger partial charge in [0.2, 0.25) is 0 Å². The Hall–Kier alpha value is -1.95. The average molecular weight is 318 g/mol. The zero-order valence-corrected chi connectivity index (χ0v) is 11.9. The number of hydrogen-bond acceptors (Lipinski definition) is 4. The highest BCUT2D eigenvalue weighted by Crippen LogP contribution is 2.20. The van der Waals surface area contributed by atoms with Crippen LogP contribution in [0.15, 0.2) is 47.3 Å². The maximum absolute atomic E-state index is 4.33. The average Bonchev–Trinajstić information content (AvgIpc) is 2.82. The molecule has 3 aromatic rings. The molecular formula is C13H12BrN5. The van der Waals surface area contributed by atoms with Gasteiger partial charge in [-0.1, -0.05) is 6.07 Å². The van der Waals surface area contributed by atoms with Crippen LogP contribution in [0.4, 0.5) is 5.82 Å². The van der Waals surface area contributed by atoms with Crippen LogP contribution >= 0.6 is 15.9 Å². The van der Waals surface area contributed by atoms with Gasteiger partial charge in [-0.15, -0.1) is 0 Å². The van der Waals surface area contributed by atoms with Crippen LogP contribution in [0.2, 0.25) is 0 Å². The van der Waals surface area contributed by atoms with E-state index < -0.39 is 0 Å². The van der Waals surface area contributed by atoms with Crippen molar-refractivity contribution in [3.63, 3.8) is 0 Å². The molecular weight excluding hydrogens is 306 g/mol. The van der Waals surface area contributed by atoms with E-state index in [1.807, 2.05) is 35.8 Å². The molecule has 3 rings (SSSR count). The number of fused-ring (bicyclic) bond motifs is 1. The molecule has 3 aromatic heterocycles. The predicted octanol–water partition coefficient (Wildman–Crippen LogP) is 2.52. The third kappa shape index (κ3) is 2.31. The van der Waals surface area contributed by atoms with Gasteiger partial charge in [0.15, 0.2) is 5.65 Å². The van der Waals surface area contributed by atoms with Gasteiger partial charge in [0.1, 0.15) is 5.82 Å². The fourth-order valence-electron chi connectivity index (χ4n) is 1.96. The molecule has 0 saturated heterocycles. The lowest BCUT2D eigenvalue weighted by Crippen LogP contribution is -2.20. The molecule has 19 heavy (non-hydrogen) atoms. The van der Waals surface area contributed by atoms with Gasteiger partial charge in [0, 0.05) is 19.4 Å². The normalized spacial score (nSPS) is 10.8. The number of nitrogens with zero attached hydrogens (tertiary/aromatic N) is 5. The van der Waals surface area contributed by atoms with Crippen LogP contribution in [0.1, 0.15) is 5.69 Å². The van der Waals surface area contributed by atoms with E-state index in [4.69, 9.17) is 0 Å². The number of halogens is 1. The Morgan fingerprint density at radius 2 is 2.11 bits per heavy atom. The van der Waals surface area contributed by atoms with Crippen LogP contribution in [-0.4, -0.2) is 26.6 Å². The van der Waals surface area contributed by atoms with E-state index in [0.717, 1.165) is 28.2 Å². The fourth-order valence-corrected chi connectivity index (χ4v) is 2.32. The highest BCUT2D eigenvalue weighted by atomic mass is 79.9. The van der Waals surface area contributed by atoms with E-state index in [-0.39, 0.29) is 0 Å². The molecule has 0 fully saturated rings. The first-order valence-electron chi connectivity index (χ1n) is 5.85. The van der Waals surface area contributed by atoms with Gasteiger partial charge in [-0.25, -0.2) is 4.98 Å². The Balaban J connectivity index is 1.96. The van der Waals surface area contributed by atoms with Crippen LogP contribution in [0.5, 0.6) is 0 Å². The lowest BCUT2D eigenvalue weighted by Gasteiger charge is -2.19. The summed E-state index contributed by atoms with van der Waals surface area (Å²) in [5, 5.41) is 4.33. The third-order valence-corrected chi connectivity index (χ3v) is 3.41. The molecule has 0 saturated carbocycles. The second kappa shape index (κ2) is 4.97. The first-order chi connectivity index (χ1) is 9.25. The van der Waals surface area contributed by atoms with Gasteiger partial charge in [-0.05, 0) is 34.1 Å². The van der Waals surface area contributed by atoms with Crippen molar-refractivity contribution in [1.82, 2.24) is 19.6 Å². The highest BCUT2D eigenvalue weighted by Gasteiger charge is 2.10. The molecule has 0 aliphatic rings. The standard InChI is InChI=1S/C13H12BrN5/c1-18(9-10-4-2-3-6-15-10)12-5-7-16-13-11(14)8-17-19(12)13/h2-8H,9H2,1H3. The Morgan fingerprint density at radius 3 is 2.89 bits per heavy atom. The molecule has 0 bridgehead atoms. The molecule has 6 heteroatoms. The van der Waals surface area contributed by atoms with Crippen molar-refractivity contribution < 1.29 is 0 Å². The van der Waals surface area contributed by atoms with Gasteiger partial charge in [0.05, 0.1) is 22.9 Å². The summed E-state index contributed by atoms with van der Waals surface area (Å²) in [7, 11) is 2.01. The van der Waals surface area contributed by atoms with Crippen molar-refractivity contribution >= 4 is 27.4 Å². The molecule has 96 valence electrons. The van der Waals surface area contributed by atoms with Crippen molar-refractivity contribution in [3.8, 4) is 0 Å². The Kier molecular flexibility index (Phi) is 3.16. The summed E-state index contributed by atoms with van der Waals surface area (Å²) in [4.78, 5) is 10.7. The van der Waals surface area contributed by atoms with Crippen molar-refractivity contribution in [2.24, 2.45) is 0 Å². The van der Waals surface area contributed by atoms with Crippen molar-refractivity contribution in [2.45, 2.75) is 6.54 Å². The lowest BCUT2D eigenvalue weighted by molar-refractivity contribution is 0.816. The Labute approximate surface area is 119 Å². The van der Waals surface area contributed by atoms with Gasteiger partial charge in [-0.2, -0.15) is 9.61 Å². The maximum atomic E-state index is 4.33. The van der Waals surface area contributed by atoms with Gasteiger partial charge in [0.25, 0.3) is 0 Å². The minimum atomic E-state index is 0.720. The molecule has 3 heterocycles. The number of hydrogen-bond donors (Lipinski definition) is 0. The SMILES string of the molecule is CN(Cc1ccccn1)c1ccnc2c(Br)cnn12. The molecule has 0 unspecified atom stereocenters. The third-order valence-electron chi connectivity index (χ3n) is 2.85. The topological polar surface area (TPSA) is 46.3 Å². The monoisotopic (exact) mass is 317 g/mol. The second-order valence-corrected chi connectivity index (χ2v) is 5.06. The molecule has 0 aromatic carbocycles. The van der Waals surface area contributed by atoms with Gasteiger partial charge >= 0.3 is 0 Å². The van der Waals surface area contributed by atoms with Crippen LogP contribution in [0, 0.1) is 0 Å². The minimum absolute atomic E-state index is 0.720. The smallest absolute Gasteiger partial charge is 0.171 e. The zero-order valence-electron chi connectivity index (χ0n) is 10.4. The summed E-state index contributed by atoms with van der Waals surface area (Å²) in [5.41, 5.74) is 1.83. The van der Waals surface area contributed by atoms with Crippen LogP contribution in [0.25, 0.3) is 5.65 Å². The summed E-state index contributed by atoms with van der Waals surface area (Å²) in [6.07, 6.45) is 5.34. The van der Waals surface area contributed by atoms with Crippen LogP contribution < -0.4 is 4.90 Å². The van der Waals surface area contributed by atoms with E-state index in [1.54, 1.807) is 18.6 Å². The lowest BCUT2D eigenvalue weighted by atomic mass is 10.3. The molecule has 0 aliphatic heterocycles. The molecule has 0 spiro atoms. The summed E-state index contributed by atoms with van der Waals surface area (Å²) in [6.45, 7) is 0.720. The first kappa shape index (κ1) is 12.1. The van der Waals surface area contributed by atoms with Gasteiger partial charge < -0.3 is 4.90 Å². The van der Waals surface area contributed by atoms with Crippen molar-refractivity contribution in [1.29, 1.82) is 0 Å². The number of anilines is 1. The van der Waals surface area contributed by atoms with E-state index in [0.29, 0.717) is 0 Å². The number of aromatic nitrogens is 4. The molecule has 0 N–H and O–H groups in total. The highest BCUT2D eigenvalue weighted by molar-refractivity contribution is 9.10. The first-order valence-corrected chi connectivity index (χ1v) is 6.64. The van der Waals surface area contributed by atoms with E-state index >= 15 is 0 Å². The van der Waals surface area contributed by atoms with Gasteiger partial charge in [-0.3, -0.25) is 4.98 Å². The Morgan fingerprint density at radius 1 is 1.21 bits per heavy atom. The summed E-state index contributed by atoms with van der Waals surface area (Å²) in [6, 6.07) is 7.85. The van der Waals surface area contributed by atoms with E-state index in [1.165, 1.54) is 0 Å². The second-order valence-electron chi connectivity index (χ2n) is 4.21. The summed E-state index contributed by atoms with van der Waals surface area (Å²) < 4.78 is 2.70. The molecule has 5 nitrogen and oxygen atoms in total. The zero-order chi connectivity index (χ0) is 13.2. The quantitative estimate of drug-likeness (QED) is 0.744. The molecule has 0 amide bonds. The molecule has 0 atom stereocenters. The van der Waals surface area contributed by atoms with Crippen molar-refractivity contribution in [3.05, 3.63) is 53.0 Å². The summed E-state index contributed by atoms with van der Waals surface area (Å²) in [5.74, 6) is 0.973. The van der Waals surface area contributed by atoms with E-state index in [2.05, 4.69) is 35.9 Å². The van der Waals surface area contributed by atoms with E-state index in [9.17, 15) is 0 Å². The number of rotatable bonds is 3. The summed E-state index contributed by atoms with van der Waals surface area (Å²) >= 11 is 3.44. The molecule has 0 radical (unpaired) electrons. The fraction of sp³-hybridized carbons (Fsp3) is 0.154. The van der Waals surface area contributed by atoms with Crippen LogP contribution in [-0.2, 0) is 6.54 Å².